The lowest BCUT2D eigenvalue weighted by Crippen LogP contribution is -2.33. The fourth-order valence-electron chi connectivity index (χ4n) is 1.85. The van der Waals surface area contributed by atoms with Crippen LogP contribution >= 0.6 is 12.2 Å². The van der Waals surface area contributed by atoms with Gasteiger partial charge in [-0.15, -0.1) is 0 Å². The third kappa shape index (κ3) is 2.90. The second kappa shape index (κ2) is 5.36. The van der Waals surface area contributed by atoms with E-state index >= 15 is 0 Å². The number of nitrogens with zero attached hydrogens (tertiary/aromatic N) is 2. The number of benzene rings is 1. The van der Waals surface area contributed by atoms with Gasteiger partial charge >= 0.3 is 0 Å². The summed E-state index contributed by atoms with van der Waals surface area (Å²) in [4.78, 5) is 13.1. The summed E-state index contributed by atoms with van der Waals surface area (Å²) in [5, 5.41) is 4.42. The van der Waals surface area contributed by atoms with Crippen molar-refractivity contribution in [2.75, 3.05) is 11.9 Å². The average molecular weight is 276 g/mol. The highest BCUT2D eigenvalue weighted by molar-refractivity contribution is 7.80. The van der Waals surface area contributed by atoms with E-state index in [1.54, 1.807) is 4.90 Å². The van der Waals surface area contributed by atoms with Crippen LogP contribution in [0.25, 0.3) is 0 Å². The van der Waals surface area contributed by atoms with Crippen LogP contribution in [0.5, 0.6) is 0 Å². The lowest BCUT2D eigenvalue weighted by molar-refractivity contribution is -0.124. The van der Waals surface area contributed by atoms with Gasteiger partial charge in [-0.05, 0) is 29.9 Å². The Morgan fingerprint density at radius 2 is 2.11 bits per heavy atom. The summed E-state index contributed by atoms with van der Waals surface area (Å²) in [6.45, 7) is 1.89. The van der Waals surface area contributed by atoms with Gasteiger partial charge in [-0.25, -0.2) is 5.43 Å². The van der Waals surface area contributed by atoms with E-state index in [0.29, 0.717) is 11.5 Å². The first kappa shape index (κ1) is 13.5. The van der Waals surface area contributed by atoms with Crippen LogP contribution in [-0.2, 0) is 4.79 Å². The Bertz CT molecular complexity index is 538. The van der Waals surface area contributed by atoms with Crippen molar-refractivity contribution in [3.63, 3.8) is 0 Å². The van der Waals surface area contributed by atoms with Crippen molar-refractivity contribution in [3.05, 3.63) is 29.8 Å². The predicted molar refractivity (Wildman–Crippen MR) is 80.1 cm³/mol. The fourth-order valence-corrected chi connectivity index (χ4v) is 1.95. The maximum Gasteiger partial charge on any atom is 0.243 e. The summed E-state index contributed by atoms with van der Waals surface area (Å²) in [6.07, 6.45) is 0.649. The minimum absolute atomic E-state index is 0.0337. The summed E-state index contributed by atoms with van der Waals surface area (Å²) in [5.74, 6) is -0.0833. The molecule has 0 aliphatic carbocycles. The molecule has 0 fully saturated rings. The highest BCUT2D eigenvalue weighted by Crippen LogP contribution is 2.18. The zero-order chi connectivity index (χ0) is 14.0. The Morgan fingerprint density at radius 1 is 1.47 bits per heavy atom. The van der Waals surface area contributed by atoms with E-state index in [1.807, 2.05) is 38.2 Å². The quantitative estimate of drug-likeness (QED) is 0.797. The molecule has 100 valence electrons. The highest BCUT2D eigenvalue weighted by Gasteiger charge is 2.21. The van der Waals surface area contributed by atoms with Crippen molar-refractivity contribution in [3.8, 4) is 0 Å². The number of thiocarbonyl (C=S) groups is 1. The monoisotopic (exact) mass is 276 g/mol. The molecule has 6 heteroatoms. The number of hydrogen-bond donors (Lipinski definition) is 2. The SMILES string of the molecule is CC1CC(c2ccc(N(C)C(N)=S)cc2)=NNC1=O. The number of amides is 1. The van der Waals surface area contributed by atoms with E-state index in [-0.39, 0.29) is 11.8 Å². The lowest BCUT2D eigenvalue weighted by Gasteiger charge is -2.20. The molecule has 0 aromatic heterocycles. The zero-order valence-electron chi connectivity index (χ0n) is 10.9. The van der Waals surface area contributed by atoms with Gasteiger partial charge in [0.15, 0.2) is 5.11 Å². The van der Waals surface area contributed by atoms with Gasteiger partial charge in [0, 0.05) is 25.1 Å². The van der Waals surface area contributed by atoms with Crippen LogP contribution in [0.3, 0.4) is 0 Å². The summed E-state index contributed by atoms with van der Waals surface area (Å²) in [5.41, 5.74) is 10.9. The van der Waals surface area contributed by atoms with Crippen LogP contribution < -0.4 is 16.1 Å². The minimum Gasteiger partial charge on any atom is -0.376 e. The topological polar surface area (TPSA) is 70.7 Å². The standard InChI is InChI=1S/C13H16N4OS/c1-8-7-11(15-16-12(8)18)9-3-5-10(6-4-9)17(2)13(14)19/h3-6,8H,7H2,1-2H3,(H2,14,19)(H,16,18). The maximum atomic E-state index is 11.3. The second-order valence-corrected chi connectivity index (χ2v) is 5.00. The normalized spacial score (nSPS) is 18.5. The van der Waals surface area contributed by atoms with Crippen molar-refractivity contribution in [2.45, 2.75) is 13.3 Å². The first-order chi connectivity index (χ1) is 8.99. The molecule has 1 aliphatic rings. The predicted octanol–water partition coefficient (Wildman–Crippen LogP) is 1.23. The van der Waals surface area contributed by atoms with Gasteiger partial charge in [-0.1, -0.05) is 19.1 Å². The van der Waals surface area contributed by atoms with Crippen LogP contribution in [0.4, 0.5) is 5.69 Å². The van der Waals surface area contributed by atoms with Gasteiger partial charge in [0.2, 0.25) is 5.91 Å². The van der Waals surface area contributed by atoms with Gasteiger partial charge in [0.25, 0.3) is 0 Å². The minimum atomic E-state index is -0.0496. The van der Waals surface area contributed by atoms with Crippen molar-refractivity contribution >= 4 is 34.6 Å². The molecule has 1 aromatic carbocycles. The molecule has 1 atom stereocenters. The second-order valence-electron chi connectivity index (χ2n) is 4.58. The molecule has 0 radical (unpaired) electrons. The number of nitrogens with one attached hydrogen (secondary N) is 1. The van der Waals surface area contributed by atoms with Crippen molar-refractivity contribution in [1.29, 1.82) is 0 Å². The Labute approximate surface area is 117 Å². The number of carbonyl (C=O) groups is 1. The highest BCUT2D eigenvalue weighted by atomic mass is 32.1. The Morgan fingerprint density at radius 3 is 2.63 bits per heavy atom. The van der Waals surface area contributed by atoms with Gasteiger partial charge in [-0.3, -0.25) is 4.79 Å². The summed E-state index contributed by atoms with van der Waals surface area (Å²) in [7, 11) is 1.82. The molecule has 1 amide bonds. The van der Waals surface area contributed by atoms with E-state index in [4.69, 9.17) is 18.0 Å². The zero-order valence-corrected chi connectivity index (χ0v) is 11.7. The van der Waals surface area contributed by atoms with Crippen molar-refractivity contribution < 1.29 is 4.79 Å². The molecule has 1 unspecified atom stereocenters. The molecule has 5 nitrogen and oxygen atoms in total. The third-order valence-electron chi connectivity index (χ3n) is 3.17. The van der Waals surface area contributed by atoms with Crippen LogP contribution in [0.2, 0.25) is 0 Å². The molecular formula is C13H16N4OS. The fraction of sp³-hybridized carbons (Fsp3) is 0.308. The van der Waals surface area contributed by atoms with Crippen molar-refractivity contribution in [2.24, 2.45) is 16.8 Å². The molecule has 0 saturated carbocycles. The molecule has 1 heterocycles. The number of anilines is 1. The molecule has 2 rings (SSSR count). The van der Waals surface area contributed by atoms with Crippen LogP contribution in [0.15, 0.2) is 29.4 Å². The molecule has 0 bridgehead atoms. The largest absolute Gasteiger partial charge is 0.376 e. The number of carbonyl (C=O) groups excluding carboxylic acids is 1. The van der Waals surface area contributed by atoms with E-state index < -0.39 is 0 Å². The average Bonchev–Trinajstić information content (AvgIpc) is 2.41. The molecule has 1 aliphatic heterocycles. The lowest BCUT2D eigenvalue weighted by atomic mass is 9.97. The Balaban J connectivity index is 2.19. The van der Waals surface area contributed by atoms with E-state index in [2.05, 4.69) is 10.5 Å². The first-order valence-corrected chi connectivity index (χ1v) is 6.40. The summed E-state index contributed by atoms with van der Waals surface area (Å²) in [6, 6.07) is 7.76. The van der Waals surface area contributed by atoms with Gasteiger partial charge in [0.05, 0.1) is 5.71 Å². The Hall–Kier alpha value is -1.95. The van der Waals surface area contributed by atoms with Gasteiger partial charge in [0.1, 0.15) is 0 Å². The maximum absolute atomic E-state index is 11.3. The molecule has 19 heavy (non-hydrogen) atoms. The smallest absolute Gasteiger partial charge is 0.243 e. The van der Waals surface area contributed by atoms with Crippen LogP contribution in [0.1, 0.15) is 18.9 Å². The van der Waals surface area contributed by atoms with Gasteiger partial charge < -0.3 is 10.6 Å². The summed E-state index contributed by atoms with van der Waals surface area (Å²) < 4.78 is 0. The number of rotatable bonds is 2. The summed E-state index contributed by atoms with van der Waals surface area (Å²) >= 11 is 4.92. The third-order valence-corrected chi connectivity index (χ3v) is 3.44. The molecular weight excluding hydrogens is 260 g/mol. The van der Waals surface area contributed by atoms with E-state index in [1.165, 1.54) is 0 Å². The number of hydrazone groups is 1. The Kier molecular flexibility index (Phi) is 3.80. The van der Waals surface area contributed by atoms with E-state index in [9.17, 15) is 4.79 Å². The molecule has 1 aromatic rings. The molecule has 0 spiro atoms. The van der Waals surface area contributed by atoms with E-state index in [0.717, 1.165) is 17.0 Å². The molecule has 0 saturated heterocycles. The number of nitrogens with two attached hydrogens (primary N) is 1. The van der Waals surface area contributed by atoms with Gasteiger partial charge in [-0.2, -0.15) is 5.10 Å². The van der Waals surface area contributed by atoms with Crippen LogP contribution in [-0.4, -0.2) is 23.8 Å². The van der Waals surface area contributed by atoms with Crippen molar-refractivity contribution in [1.82, 2.24) is 5.43 Å². The van der Waals surface area contributed by atoms with Crippen LogP contribution in [0, 0.1) is 5.92 Å². The molecule has 3 N–H and O–H groups in total. The number of hydrogen-bond acceptors (Lipinski definition) is 3. The first-order valence-electron chi connectivity index (χ1n) is 5.99.